The number of aryl methyl sites for hydroxylation is 1. The van der Waals surface area contributed by atoms with Gasteiger partial charge in [-0.25, -0.2) is 0 Å². The summed E-state index contributed by atoms with van der Waals surface area (Å²) in [5.41, 5.74) is 4.44. The van der Waals surface area contributed by atoms with Crippen molar-refractivity contribution in [2.45, 2.75) is 39.7 Å². The summed E-state index contributed by atoms with van der Waals surface area (Å²) < 4.78 is 0. The molecule has 0 heterocycles. The monoisotopic (exact) mass is 191 g/mol. The van der Waals surface area contributed by atoms with Crippen LogP contribution in [0, 0.1) is 6.92 Å². The Morgan fingerprint density at radius 2 is 2.07 bits per heavy atom. The van der Waals surface area contributed by atoms with E-state index in [4.69, 9.17) is 0 Å². The predicted molar refractivity (Wildman–Crippen MR) is 62.6 cm³/mol. The Bertz CT molecular complexity index is 279. The van der Waals surface area contributed by atoms with Crippen LogP contribution in [0.15, 0.2) is 18.2 Å². The van der Waals surface area contributed by atoms with Crippen molar-refractivity contribution >= 4 is 0 Å². The van der Waals surface area contributed by atoms with Gasteiger partial charge in [0.25, 0.3) is 0 Å². The molecule has 1 nitrogen and oxygen atoms in total. The smallest absolute Gasteiger partial charge is 0.0205 e. The zero-order valence-corrected chi connectivity index (χ0v) is 9.56. The SMILES string of the molecule is CCCCc1c(C)cccc1CNC. The molecule has 0 saturated carbocycles. The van der Waals surface area contributed by atoms with Gasteiger partial charge in [0.1, 0.15) is 0 Å². The minimum Gasteiger partial charge on any atom is -0.316 e. The molecule has 0 amide bonds. The lowest BCUT2D eigenvalue weighted by Gasteiger charge is -2.11. The maximum absolute atomic E-state index is 3.23. The van der Waals surface area contributed by atoms with Crippen molar-refractivity contribution in [2.75, 3.05) is 7.05 Å². The molecule has 0 aliphatic heterocycles. The van der Waals surface area contributed by atoms with Crippen molar-refractivity contribution in [3.8, 4) is 0 Å². The fraction of sp³-hybridized carbons (Fsp3) is 0.538. The van der Waals surface area contributed by atoms with Crippen LogP contribution in [0.5, 0.6) is 0 Å². The fourth-order valence-electron chi connectivity index (χ4n) is 1.83. The molecule has 1 heteroatoms. The van der Waals surface area contributed by atoms with Crippen LogP contribution in [0.2, 0.25) is 0 Å². The summed E-state index contributed by atoms with van der Waals surface area (Å²) >= 11 is 0. The van der Waals surface area contributed by atoms with Crippen LogP contribution < -0.4 is 5.32 Å². The number of rotatable bonds is 5. The van der Waals surface area contributed by atoms with E-state index >= 15 is 0 Å². The third-order valence-corrected chi connectivity index (χ3v) is 2.65. The molecular weight excluding hydrogens is 170 g/mol. The summed E-state index contributed by atoms with van der Waals surface area (Å²) in [5, 5.41) is 3.23. The van der Waals surface area contributed by atoms with E-state index in [0.717, 1.165) is 6.54 Å². The van der Waals surface area contributed by atoms with E-state index in [-0.39, 0.29) is 0 Å². The molecule has 78 valence electrons. The Kier molecular flexibility index (Phi) is 4.68. The molecule has 0 radical (unpaired) electrons. The van der Waals surface area contributed by atoms with Crippen LogP contribution in [-0.4, -0.2) is 7.05 Å². The van der Waals surface area contributed by atoms with E-state index in [0.29, 0.717) is 0 Å². The van der Waals surface area contributed by atoms with Gasteiger partial charge in [-0.15, -0.1) is 0 Å². The molecule has 0 atom stereocenters. The quantitative estimate of drug-likeness (QED) is 0.754. The lowest BCUT2D eigenvalue weighted by atomic mass is 9.97. The Morgan fingerprint density at radius 1 is 1.29 bits per heavy atom. The fourth-order valence-corrected chi connectivity index (χ4v) is 1.83. The highest BCUT2D eigenvalue weighted by molar-refractivity contribution is 5.34. The standard InChI is InChI=1S/C13H21N/c1-4-5-9-13-11(2)7-6-8-12(13)10-14-3/h6-8,14H,4-5,9-10H2,1-3H3. The van der Waals surface area contributed by atoms with E-state index in [1.165, 1.54) is 30.4 Å². The molecule has 1 aromatic carbocycles. The van der Waals surface area contributed by atoms with Crippen LogP contribution in [-0.2, 0) is 13.0 Å². The molecule has 0 unspecified atom stereocenters. The van der Waals surface area contributed by atoms with E-state index in [9.17, 15) is 0 Å². The number of hydrogen-bond acceptors (Lipinski definition) is 1. The van der Waals surface area contributed by atoms with Crippen LogP contribution in [0.3, 0.4) is 0 Å². The maximum Gasteiger partial charge on any atom is 0.0205 e. The molecule has 0 aromatic heterocycles. The van der Waals surface area contributed by atoms with E-state index < -0.39 is 0 Å². The van der Waals surface area contributed by atoms with Gasteiger partial charge in [0.15, 0.2) is 0 Å². The van der Waals surface area contributed by atoms with Crippen molar-refractivity contribution in [2.24, 2.45) is 0 Å². The Labute approximate surface area is 87.5 Å². The molecule has 14 heavy (non-hydrogen) atoms. The number of unbranched alkanes of at least 4 members (excludes halogenated alkanes) is 1. The average molecular weight is 191 g/mol. The summed E-state index contributed by atoms with van der Waals surface area (Å²) in [6.07, 6.45) is 3.79. The summed E-state index contributed by atoms with van der Waals surface area (Å²) in [6, 6.07) is 6.59. The molecule has 1 rings (SSSR count). The largest absolute Gasteiger partial charge is 0.316 e. The minimum absolute atomic E-state index is 0.987. The lowest BCUT2D eigenvalue weighted by molar-refractivity contribution is 0.757. The topological polar surface area (TPSA) is 12.0 Å². The molecule has 0 aliphatic carbocycles. The van der Waals surface area contributed by atoms with Gasteiger partial charge in [0.2, 0.25) is 0 Å². The highest BCUT2D eigenvalue weighted by Crippen LogP contribution is 2.16. The lowest BCUT2D eigenvalue weighted by Crippen LogP contribution is -2.08. The summed E-state index contributed by atoms with van der Waals surface area (Å²) in [5.74, 6) is 0. The van der Waals surface area contributed by atoms with Crippen molar-refractivity contribution in [3.05, 3.63) is 34.9 Å². The molecule has 0 fully saturated rings. The van der Waals surface area contributed by atoms with Crippen LogP contribution in [0.1, 0.15) is 36.5 Å². The van der Waals surface area contributed by atoms with Crippen molar-refractivity contribution in [1.29, 1.82) is 0 Å². The van der Waals surface area contributed by atoms with Gasteiger partial charge in [0, 0.05) is 6.54 Å². The van der Waals surface area contributed by atoms with Gasteiger partial charge in [-0.2, -0.15) is 0 Å². The average Bonchev–Trinajstić information content (AvgIpc) is 2.18. The van der Waals surface area contributed by atoms with Crippen LogP contribution in [0.25, 0.3) is 0 Å². The molecule has 0 aliphatic rings. The summed E-state index contributed by atoms with van der Waals surface area (Å²) in [7, 11) is 2.01. The van der Waals surface area contributed by atoms with Gasteiger partial charge in [-0.1, -0.05) is 31.5 Å². The van der Waals surface area contributed by atoms with E-state index in [2.05, 4.69) is 37.4 Å². The molecule has 0 spiro atoms. The Balaban J connectivity index is 2.84. The first-order valence-electron chi connectivity index (χ1n) is 5.51. The van der Waals surface area contributed by atoms with Gasteiger partial charge >= 0.3 is 0 Å². The van der Waals surface area contributed by atoms with E-state index in [1.807, 2.05) is 7.05 Å². The highest BCUT2D eigenvalue weighted by Gasteiger charge is 2.03. The zero-order chi connectivity index (χ0) is 10.4. The second-order valence-corrected chi connectivity index (χ2v) is 3.85. The molecule has 1 N–H and O–H groups in total. The second kappa shape index (κ2) is 5.82. The van der Waals surface area contributed by atoms with Crippen molar-refractivity contribution < 1.29 is 0 Å². The van der Waals surface area contributed by atoms with Crippen LogP contribution in [0.4, 0.5) is 0 Å². The number of hydrogen-bond donors (Lipinski definition) is 1. The zero-order valence-electron chi connectivity index (χ0n) is 9.56. The van der Waals surface area contributed by atoms with Crippen molar-refractivity contribution in [3.63, 3.8) is 0 Å². The highest BCUT2D eigenvalue weighted by atomic mass is 14.8. The summed E-state index contributed by atoms with van der Waals surface area (Å²) in [4.78, 5) is 0. The van der Waals surface area contributed by atoms with Gasteiger partial charge in [0.05, 0.1) is 0 Å². The first kappa shape index (κ1) is 11.3. The van der Waals surface area contributed by atoms with Gasteiger partial charge in [-0.3, -0.25) is 0 Å². The third-order valence-electron chi connectivity index (χ3n) is 2.65. The Morgan fingerprint density at radius 3 is 2.71 bits per heavy atom. The third kappa shape index (κ3) is 2.85. The number of benzene rings is 1. The van der Waals surface area contributed by atoms with Gasteiger partial charge in [-0.05, 0) is 43.5 Å². The maximum atomic E-state index is 3.23. The van der Waals surface area contributed by atoms with Crippen molar-refractivity contribution in [1.82, 2.24) is 5.32 Å². The summed E-state index contributed by atoms with van der Waals surface area (Å²) in [6.45, 7) is 5.45. The normalized spacial score (nSPS) is 10.5. The van der Waals surface area contributed by atoms with Crippen LogP contribution >= 0.6 is 0 Å². The minimum atomic E-state index is 0.987. The Hall–Kier alpha value is -0.820. The molecule has 0 bridgehead atoms. The molecular formula is C13H21N. The molecule has 1 aromatic rings. The van der Waals surface area contributed by atoms with Gasteiger partial charge < -0.3 is 5.32 Å². The number of nitrogens with one attached hydrogen (secondary N) is 1. The second-order valence-electron chi connectivity index (χ2n) is 3.85. The first-order chi connectivity index (χ1) is 6.79. The molecule has 0 saturated heterocycles. The van der Waals surface area contributed by atoms with E-state index in [1.54, 1.807) is 5.56 Å². The predicted octanol–water partition coefficient (Wildman–Crippen LogP) is 3.06. The first-order valence-corrected chi connectivity index (χ1v) is 5.51.